The van der Waals surface area contributed by atoms with Crippen LogP contribution < -0.4 is 5.73 Å². The second-order valence-electron chi connectivity index (χ2n) is 5.04. The average molecular weight is 243 g/mol. The Hall–Kier alpha value is -0.570. The number of carbonyl (C=O) groups is 1. The highest BCUT2D eigenvalue weighted by molar-refractivity contribution is 5.73. The summed E-state index contributed by atoms with van der Waals surface area (Å²) in [4.78, 5) is 10.5. The fourth-order valence-corrected chi connectivity index (χ4v) is 1.98. The van der Waals surface area contributed by atoms with Gasteiger partial charge in [-0.15, -0.1) is 0 Å². The van der Waals surface area contributed by atoms with Crippen LogP contribution in [0.25, 0.3) is 0 Å². The zero-order valence-electron chi connectivity index (χ0n) is 11.3. The van der Waals surface area contributed by atoms with E-state index in [1.807, 2.05) is 6.92 Å². The molecule has 0 aromatic rings. The van der Waals surface area contributed by atoms with Gasteiger partial charge in [-0.05, 0) is 19.8 Å². The Morgan fingerprint density at radius 1 is 0.941 bits per heavy atom. The van der Waals surface area contributed by atoms with Gasteiger partial charge in [0.25, 0.3) is 0 Å². The maximum atomic E-state index is 10.5. The highest BCUT2D eigenvalue weighted by Gasteiger charge is 1.97. The van der Waals surface area contributed by atoms with Crippen molar-refractivity contribution in [3.63, 3.8) is 0 Å². The molecule has 1 atom stereocenters. The van der Waals surface area contributed by atoms with Crippen molar-refractivity contribution in [1.29, 1.82) is 0 Å². The van der Waals surface area contributed by atoms with Gasteiger partial charge in [-0.3, -0.25) is 4.79 Å². The van der Waals surface area contributed by atoms with Crippen molar-refractivity contribution in [2.45, 2.75) is 83.7 Å². The van der Waals surface area contributed by atoms with Gasteiger partial charge in [-0.25, -0.2) is 0 Å². The quantitative estimate of drug-likeness (QED) is 0.517. The molecule has 0 radical (unpaired) electrons. The van der Waals surface area contributed by atoms with Crippen LogP contribution >= 0.6 is 0 Å². The lowest BCUT2D eigenvalue weighted by Gasteiger charge is -2.04. The smallest absolute Gasteiger partial charge is 0.217 e. The second kappa shape index (κ2) is 11.9. The number of primary amides is 1. The predicted octanol–water partition coefficient (Wildman–Crippen LogP) is 3.14. The molecule has 0 aromatic carbocycles. The van der Waals surface area contributed by atoms with E-state index < -0.39 is 0 Å². The van der Waals surface area contributed by atoms with Crippen molar-refractivity contribution in [2.75, 3.05) is 0 Å². The van der Waals surface area contributed by atoms with Crippen LogP contribution in [0.2, 0.25) is 0 Å². The number of hydrogen-bond donors (Lipinski definition) is 2. The number of nitrogens with two attached hydrogens (primary N) is 1. The predicted molar refractivity (Wildman–Crippen MR) is 71.7 cm³/mol. The molecule has 3 N–H and O–H groups in total. The van der Waals surface area contributed by atoms with Gasteiger partial charge in [0, 0.05) is 6.42 Å². The molecule has 0 aromatic heterocycles. The minimum absolute atomic E-state index is 0.139. The number of unbranched alkanes of at least 4 members (excludes halogenated alkanes) is 8. The van der Waals surface area contributed by atoms with Crippen molar-refractivity contribution in [2.24, 2.45) is 5.73 Å². The van der Waals surface area contributed by atoms with Crippen molar-refractivity contribution in [1.82, 2.24) is 0 Å². The SMILES string of the molecule is CC(O)CCCCCCCCCCCC(N)=O. The van der Waals surface area contributed by atoms with Crippen molar-refractivity contribution in [3.8, 4) is 0 Å². The summed E-state index contributed by atoms with van der Waals surface area (Å²) < 4.78 is 0. The lowest BCUT2D eigenvalue weighted by atomic mass is 10.0. The van der Waals surface area contributed by atoms with Gasteiger partial charge in [0.15, 0.2) is 0 Å². The molecule has 0 saturated heterocycles. The first-order valence-corrected chi connectivity index (χ1v) is 7.09. The Balaban J connectivity index is 2.96. The van der Waals surface area contributed by atoms with E-state index in [1.54, 1.807) is 0 Å². The molecule has 17 heavy (non-hydrogen) atoms. The zero-order chi connectivity index (χ0) is 12.9. The lowest BCUT2D eigenvalue weighted by molar-refractivity contribution is -0.118. The molecule has 0 aliphatic carbocycles. The van der Waals surface area contributed by atoms with Crippen LogP contribution in [0.5, 0.6) is 0 Å². The third-order valence-corrected chi connectivity index (χ3v) is 3.05. The maximum Gasteiger partial charge on any atom is 0.217 e. The van der Waals surface area contributed by atoms with Crippen molar-refractivity contribution >= 4 is 5.91 Å². The Morgan fingerprint density at radius 2 is 1.35 bits per heavy atom. The molecule has 0 spiro atoms. The van der Waals surface area contributed by atoms with E-state index in [2.05, 4.69) is 0 Å². The fraction of sp³-hybridized carbons (Fsp3) is 0.929. The minimum Gasteiger partial charge on any atom is -0.393 e. The number of aliphatic hydroxyl groups excluding tert-OH is 1. The Labute approximate surface area is 106 Å². The van der Waals surface area contributed by atoms with Crippen molar-refractivity contribution in [3.05, 3.63) is 0 Å². The van der Waals surface area contributed by atoms with Crippen LogP contribution in [-0.4, -0.2) is 17.1 Å². The van der Waals surface area contributed by atoms with E-state index in [4.69, 9.17) is 10.8 Å². The number of rotatable bonds is 12. The molecule has 102 valence electrons. The van der Waals surface area contributed by atoms with Gasteiger partial charge in [0.05, 0.1) is 6.10 Å². The van der Waals surface area contributed by atoms with Gasteiger partial charge < -0.3 is 10.8 Å². The van der Waals surface area contributed by atoms with Crippen LogP contribution in [0.3, 0.4) is 0 Å². The maximum absolute atomic E-state index is 10.5. The Morgan fingerprint density at radius 3 is 1.76 bits per heavy atom. The number of hydrogen-bond acceptors (Lipinski definition) is 2. The molecule has 1 amide bonds. The van der Waals surface area contributed by atoms with Crippen LogP contribution in [0.1, 0.15) is 77.6 Å². The molecule has 0 rings (SSSR count). The average Bonchev–Trinajstić information content (AvgIpc) is 2.25. The number of carbonyl (C=O) groups excluding carboxylic acids is 1. The largest absolute Gasteiger partial charge is 0.393 e. The first-order chi connectivity index (χ1) is 8.13. The zero-order valence-corrected chi connectivity index (χ0v) is 11.3. The van der Waals surface area contributed by atoms with Crippen LogP contribution in [0, 0.1) is 0 Å². The van der Waals surface area contributed by atoms with Gasteiger partial charge in [-0.2, -0.15) is 0 Å². The monoisotopic (exact) mass is 243 g/mol. The molecule has 0 bridgehead atoms. The first kappa shape index (κ1) is 16.4. The summed E-state index contributed by atoms with van der Waals surface area (Å²) in [6.07, 6.45) is 12.2. The topological polar surface area (TPSA) is 63.3 Å². The van der Waals surface area contributed by atoms with Gasteiger partial charge in [0.2, 0.25) is 5.91 Å². The van der Waals surface area contributed by atoms with E-state index >= 15 is 0 Å². The van der Waals surface area contributed by atoms with E-state index in [0.717, 1.165) is 25.7 Å². The minimum atomic E-state index is -0.178. The highest BCUT2D eigenvalue weighted by atomic mass is 16.3. The Bertz CT molecular complexity index is 181. The molecule has 0 aliphatic heterocycles. The molecule has 1 unspecified atom stereocenters. The van der Waals surface area contributed by atoms with E-state index in [9.17, 15) is 4.79 Å². The first-order valence-electron chi connectivity index (χ1n) is 7.09. The Kier molecular flexibility index (Phi) is 11.5. The number of amides is 1. The summed E-state index contributed by atoms with van der Waals surface area (Å²) >= 11 is 0. The second-order valence-corrected chi connectivity index (χ2v) is 5.04. The van der Waals surface area contributed by atoms with Gasteiger partial charge in [-0.1, -0.05) is 51.4 Å². The van der Waals surface area contributed by atoms with E-state index in [1.165, 1.54) is 38.5 Å². The molecule has 3 nitrogen and oxygen atoms in total. The standard InChI is InChI=1S/C14H29NO2/c1-13(16)11-9-7-5-3-2-4-6-8-10-12-14(15)17/h13,16H,2-12H2,1H3,(H2,15,17). The molecule has 0 heterocycles. The summed E-state index contributed by atoms with van der Waals surface area (Å²) in [6.45, 7) is 1.85. The normalized spacial score (nSPS) is 12.6. The third-order valence-electron chi connectivity index (χ3n) is 3.05. The summed E-state index contributed by atoms with van der Waals surface area (Å²) in [7, 11) is 0. The van der Waals surface area contributed by atoms with E-state index in [0.29, 0.717) is 6.42 Å². The fourth-order valence-electron chi connectivity index (χ4n) is 1.98. The molecule has 0 fully saturated rings. The summed E-state index contributed by atoms with van der Waals surface area (Å²) in [5.41, 5.74) is 5.07. The van der Waals surface area contributed by atoms with Crippen LogP contribution in [0.4, 0.5) is 0 Å². The molecule has 3 heteroatoms. The summed E-state index contributed by atoms with van der Waals surface area (Å²) in [5, 5.41) is 9.08. The van der Waals surface area contributed by atoms with E-state index in [-0.39, 0.29) is 12.0 Å². The van der Waals surface area contributed by atoms with Crippen LogP contribution in [-0.2, 0) is 4.79 Å². The molecular weight excluding hydrogens is 214 g/mol. The number of aliphatic hydroxyl groups is 1. The van der Waals surface area contributed by atoms with Gasteiger partial charge >= 0.3 is 0 Å². The van der Waals surface area contributed by atoms with Gasteiger partial charge in [0.1, 0.15) is 0 Å². The molecular formula is C14H29NO2. The highest BCUT2D eigenvalue weighted by Crippen LogP contribution is 2.11. The summed E-state index contributed by atoms with van der Waals surface area (Å²) in [5.74, 6) is -0.178. The lowest BCUT2D eigenvalue weighted by Crippen LogP contribution is -2.09. The molecule has 0 saturated carbocycles. The van der Waals surface area contributed by atoms with Crippen LogP contribution in [0.15, 0.2) is 0 Å². The molecule has 0 aliphatic rings. The summed E-state index contributed by atoms with van der Waals surface area (Å²) in [6, 6.07) is 0. The third kappa shape index (κ3) is 15.4. The van der Waals surface area contributed by atoms with Crippen molar-refractivity contribution < 1.29 is 9.90 Å².